The third kappa shape index (κ3) is 4.06. The number of benzene rings is 3. The number of aromatic hydroxyl groups is 1. The first-order chi connectivity index (χ1) is 14.0. The average Bonchev–Trinajstić information content (AvgIpc) is 2.75. The van der Waals surface area contributed by atoms with Crippen molar-refractivity contribution in [1.82, 2.24) is 5.32 Å². The van der Waals surface area contributed by atoms with Gasteiger partial charge in [0.05, 0.1) is 18.2 Å². The molecular weight excluding hydrogens is 391 g/mol. The van der Waals surface area contributed by atoms with Gasteiger partial charge in [-0.1, -0.05) is 23.7 Å². The van der Waals surface area contributed by atoms with Crippen LogP contribution in [0, 0.1) is 5.82 Å². The van der Waals surface area contributed by atoms with Crippen LogP contribution in [-0.2, 0) is 0 Å². The molecule has 148 valence electrons. The molecule has 0 spiro atoms. The van der Waals surface area contributed by atoms with Gasteiger partial charge in [0.2, 0.25) is 0 Å². The molecule has 2 atom stereocenters. The van der Waals surface area contributed by atoms with Gasteiger partial charge in [-0.2, -0.15) is 0 Å². The van der Waals surface area contributed by atoms with Gasteiger partial charge in [0.15, 0.2) is 6.17 Å². The summed E-state index contributed by atoms with van der Waals surface area (Å²) in [7, 11) is 1.62. The Morgan fingerprint density at radius 2 is 1.79 bits per heavy atom. The number of methoxy groups -OCH3 is 1. The van der Waals surface area contributed by atoms with E-state index < -0.39 is 0 Å². The van der Waals surface area contributed by atoms with Crippen LogP contribution in [0.5, 0.6) is 11.5 Å². The standard InChI is InChI=1S/C23H20ClFN2O2/c1-29-16-9-6-14(7-10-16)20-13-21(18-12-15(24)8-11-22(18)28)27-23(26-20)17-4-2-3-5-19(17)25/h2-13,21,23,26-28H,1H3/p+1. The number of hydrogen-bond acceptors (Lipinski definition) is 3. The number of ether oxygens (including phenoxy) is 1. The molecule has 4 nitrogen and oxygen atoms in total. The SMILES string of the molecule is COc1ccc(C2=CC(c3cc(Cl)ccc3O)[NH2+]C(c3ccccc3F)N2)cc1. The van der Waals surface area contributed by atoms with Crippen LogP contribution >= 0.6 is 11.6 Å². The normalized spacial score (nSPS) is 18.7. The topological polar surface area (TPSA) is 58.1 Å². The van der Waals surface area contributed by atoms with Gasteiger partial charge >= 0.3 is 0 Å². The molecule has 3 aromatic rings. The Bertz CT molecular complexity index is 1050. The maximum absolute atomic E-state index is 14.5. The zero-order valence-electron chi connectivity index (χ0n) is 15.8. The summed E-state index contributed by atoms with van der Waals surface area (Å²) in [5.41, 5.74) is 2.99. The van der Waals surface area contributed by atoms with Gasteiger partial charge in [-0.3, -0.25) is 0 Å². The molecule has 0 amide bonds. The third-order valence-electron chi connectivity index (χ3n) is 5.05. The van der Waals surface area contributed by atoms with E-state index in [0.29, 0.717) is 16.1 Å². The molecule has 2 unspecified atom stereocenters. The second kappa shape index (κ2) is 8.15. The number of phenols is 1. The molecule has 0 bridgehead atoms. The Morgan fingerprint density at radius 3 is 2.52 bits per heavy atom. The molecule has 1 heterocycles. The van der Waals surface area contributed by atoms with Gasteiger partial charge in [-0.25, -0.2) is 4.39 Å². The van der Waals surface area contributed by atoms with Crippen molar-refractivity contribution in [2.24, 2.45) is 0 Å². The van der Waals surface area contributed by atoms with Gasteiger partial charge in [-0.05, 0) is 60.2 Å². The highest BCUT2D eigenvalue weighted by atomic mass is 35.5. The number of phenolic OH excluding ortho intramolecular Hbond substituents is 1. The summed E-state index contributed by atoms with van der Waals surface area (Å²) in [4.78, 5) is 0. The number of hydrogen-bond donors (Lipinski definition) is 3. The number of nitrogens with one attached hydrogen (secondary N) is 1. The van der Waals surface area contributed by atoms with E-state index in [4.69, 9.17) is 16.3 Å². The molecule has 1 aliphatic heterocycles. The van der Waals surface area contributed by atoms with E-state index in [2.05, 4.69) is 5.32 Å². The van der Waals surface area contributed by atoms with Gasteiger partial charge in [0.25, 0.3) is 0 Å². The maximum atomic E-state index is 14.5. The monoisotopic (exact) mass is 411 g/mol. The first-order valence-corrected chi connectivity index (χ1v) is 9.63. The fraction of sp³-hybridized carbons (Fsp3) is 0.130. The molecule has 0 aromatic heterocycles. The van der Waals surface area contributed by atoms with Gasteiger partial charge < -0.3 is 20.5 Å². The quantitative estimate of drug-likeness (QED) is 0.604. The van der Waals surface area contributed by atoms with Crippen LogP contribution in [-0.4, -0.2) is 12.2 Å². The van der Waals surface area contributed by atoms with E-state index in [9.17, 15) is 9.50 Å². The van der Waals surface area contributed by atoms with Crippen molar-refractivity contribution in [3.8, 4) is 11.5 Å². The summed E-state index contributed by atoms with van der Waals surface area (Å²) >= 11 is 6.17. The first kappa shape index (κ1) is 19.3. The lowest BCUT2D eigenvalue weighted by atomic mass is 9.97. The van der Waals surface area contributed by atoms with E-state index in [1.807, 2.05) is 41.7 Å². The Kier molecular flexibility index (Phi) is 5.43. The van der Waals surface area contributed by atoms with Gasteiger partial charge in [0.1, 0.15) is 23.4 Å². The van der Waals surface area contributed by atoms with E-state index in [1.54, 1.807) is 37.4 Å². The smallest absolute Gasteiger partial charge is 0.189 e. The van der Waals surface area contributed by atoms with Crippen LogP contribution in [0.2, 0.25) is 5.02 Å². The fourth-order valence-electron chi connectivity index (χ4n) is 3.55. The molecule has 1 aliphatic rings. The number of nitrogens with two attached hydrogens (primary N) is 1. The average molecular weight is 412 g/mol. The van der Waals surface area contributed by atoms with Crippen molar-refractivity contribution < 1.29 is 19.6 Å². The van der Waals surface area contributed by atoms with E-state index in [0.717, 1.165) is 17.0 Å². The Hall–Kier alpha value is -3.02. The number of quaternary nitrogens is 1. The molecule has 4 rings (SSSR count). The van der Waals surface area contributed by atoms with Crippen LogP contribution in [0.15, 0.2) is 72.8 Å². The van der Waals surface area contributed by atoms with E-state index in [-0.39, 0.29) is 23.8 Å². The van der Waals surface area contributed by atoms with Crippen molar-refractivity contribution in [2.75, 3.05) is 7.11 Å². The highest BCUT2D eigenvalue weighted by molar-refractivity contribution is 6.30. The minimum absolute atomic E-state index is 0.148. The Labute approximate surface area is 173 Å². The highest BCUT2D eigenvalue weighted by Gasteiger charge is 2.31. The minimum atomic E-state index is -0.373. The molecule has 0 aliphatic carbocycles. The third-order valence-corrected chi connectivity index (χ3v) is 5.28. The van der Waals surface area contributed by atoms with Crippen molar-refractivity contribution in [3.63, 3.8) is 0 Å². The molecule has 3 aromatic carbocycles. The first-order valence-electron chi connectivity index (χ1n) is 9.26. The predicted molar refractivity (Wildman–Crippen MR) is 111 cm³/mol. The lowest BCUT2D eigenvalue weighted by molar-refractivity contribution is -0.731. The fourth-order valence-corrected chi connectivity index (χ4v) is 3.73. The predicted octanol–water partition coefficient (Wildman–Crippen LogP) is 4.14. The molecule has 0 saturated carbocycles. The molecular formula is C23H21ClFN2O2+. The van der Waals surface area contributed by atoms with Gasteiger partial charge in [-0.15, -0.1) is 0 Å². The van der Waals surface area contributed by atoms with Crippen LogP contribution in [0.4, 0.5) is 4.39 Å². The van der Waals surface area contributed by atoms with Gasteiger partial charge in [0, 0.05) is 16.8 Å². The second-order valence-corrected chi connectivity index (χ2v) is 7.31. The Balaban J connectivity index is 1.78. The molecule has 6 heteroatoms. The Morgan fingerprint density at radius 1 is 1.03 bits per heavy atom. The van der Waals surface area contributed by atoms with E-state index in [1.165, 1.54) is 6.07 Å². The molecule has 29 heavy (non-hydrogen) atoms. The van der Waals surface area contributed by atoms with Crippen molar-refractivity contribution in [2.45, 2.75) is 12.2 Å². The van der Waals surface area contributed by atoms with Crippen molar-refractivity contribution in [3.05, 3.63) is 100 Å². The number of halogens is 2. The molecule has 0 radical (unpaired) electrons. The van der Waals surface area contributed by atoms with Crippen LogP contribution in [0.25, 0.3) is 5.70 Å². The minimum Gasteiger partial charge on any atom is -0.507 e. The second-order valence-electron chi connectivity index (χ2n) is 6.87. The lowest BCUT2D eigenvalue weighted by Gasteiger charge is -2.30. The summed E-state index contributed by atoms with van der Waals surface area (Å²) in [5.74, 6) is 0.618. The summed E-state index contributed by atoms with van der Waals surface area (Å²) in [5, 5.41) is 16.3. The highest BCUT2D eigenvalue weighted by Crippen LogP contribution is 2.31. The summed E-state index contributed by atoms with van der Waals surface area (Å²) in [6.07, 6.45) is 1.63. The summed E-state index contributed by atoms with van der Waals surface area (Å²) in [6, 6.07) is 19.0. The van der Waals surface area contributed by atoms with Crippen molar-refractivity contribution >= 4 is 17.3 Å². The summed E-state index contributed by atoms with van der Waals surface area (Å²) < 4.78 is 19.7. The molecule has 0 saturated heterocycles. The summed E-state index contributed by atoms with van der Waals surface area (Å²) in [6.45, 7) is 0. The lowest BCUT2D eigenvalue weighted by Crippen LogP contribution is -2.90. The van der Waals surface area contributed by atoms with Crippen molar-refractivity contribution in [1.29, 1.82) is 0 Å². The maximum Gasteiger partial charge on any atom is 0.189 e. The van der Waals surface area contributed by atoms with Crippen LogP contribution in [0.3, 0.4) is 0 Å². The van der Waals surface area contributed by atoms with E-state index >= 15 is 0 Å². The zero-order valence-corrected chi connectivity index (χ0v) is 16.5. The molecule has 0 fully saturated rings. The zero-order chi connectivity index (χ0) is 20.4. The molecule has 4 N–H and O–H groups in total. The largest absolute Gasteiger partial charge is 0.507 e. The van der Waals surface area contributed by atoms with Crippen LogP contribution in [0.1, 0.15) is 28.9 Å². The number of rotatable bonds is 4. The van der Waals surface area contributed by atoms with Crippen LogP contribution < -0.4 is 15.4 Å².